The predicted octanol–water partition coefficient (Wildman–Crippen LogP) is 3.89. The average molecular weight is 521 g/mol. The van der Waals surface area contributed by atoms with Gasteiger partial charge in [0.15, 0.2) is 11.2 Å². The van der Waals surface area contributed by atoms with Crippen molar-refractivity contribution in [1.29, 1.82) is 0 Å². The largest absolute Gasteiger partial charge is 0.389 e. The molecular formula is C28H33FN6O3. The molecule has 9 nitrogen and oxygen atoms in total. The van der Waals surface area contributed by atoms with Gasteiger partial charge >= 0.3 is 0 Å². The van der Waals surface area contributed by atoms with Crippen LogP contribution >= 0.6 is 0 Å². The molecule has 0 bridgehead atoms. The number of fused-ring (bicyclic) bond motifs is 1. The van der Waals surface area contributed by atoms with Gasteiger partial charge in [0.2, 0.25) is 5.95 Å². The number of hydrogen-bond donors (Lipinski definition) is 2. The van der Waals surface area contributed by atoms with Crippen LogP contribution < -0.4 is 10.7 Å². The van der Waals surface area contributed by atoms with E-state index in [2.05, 4.69) is 43.4 Å². The van der Waals surface area contributed by atoms with Crippen molar-refractivity contribution < 1.29 is 14.2 Å². The summed E-state index contributed by atoms with van der Waals surface area (Å²) in [5, 5.41) is 13.9. The first-order valence-electron chi connectivity index (χ1n) is 13.1. The first kappa shape index (κ1) is 26.2. The Balaban J connectivity index is 1.59. The predicted molar refractivity (Wildman–Crippen MR) is 143 cm³/mol. The SMILES string of the molecule is [C-]#[N+]C1CCCN1Cc1c(C)c(=O)c2ccc(-c3nc(N[C@@H]4CCOC[C@H]4O)ncc3F)cc2n1C(C)C. The van der Waals surface area contributed by atoms with Crippen LogP contribution in [0.2, 0.25) is 0 Å². The zero-order chi connectivity index (χ0) is 27.0. The highest BCUT2D eigenvalue weighted by molar-refractivity contribution is 5.85. The van der Waals surface area contributed by atoms with Crippen LogP contribution in [0, 0.1) is 19.3 Å². The Bertz CT molecular complexity index is 1450. The number of aromatic nitrogens is 3. The molecule has 4 heterocycles. The quantitative estimate of drug-likeness (QED) is 0.476. The molecule has 200 valence electrons. The summed E-state index contributed by atoms with van der Waals surface area (Å²) >= 11 is 0. The number of nitrogens with zero attached hydrogens (tertiary/aromatic N) is 5. The molecule has 0 amide bonds. The number of pyridine rings is 1. The minimum Gasteiger partial charge on any atom is -0.389 e. The van der Waals surface area contributed by atoms with Crippen LogP contribution in [0.1, 0.15) is 50.4 Å². The molecule has 38 heavy (non-hydrogen) atoms. The molecule has 0 spiro atoms. The minimum atomic E-state index is -0.707. The number of aliphatic hydroxyl groups excluding tert-OH is 1. The fourth-order valence-electron chi connectivity index (χ4n) is 5.54. The molecule has 0 radical (unpaired) electrons. The summed E-state index contributed by atoms with van der Waals surface area (Å²) in [6.45, 7) is 15.6. The fourth-order valence-corrected chi connectivity index (χ4v) is 5.54. The van der Waals surface area contributed by atoms with E-state index in [1.54, 1.807) is 12.1 Å². The van der Waals surface area contributed by atoms with Crippen LogP contribution in [-0.2, 0) is 11.3 Å². The molecule has 1 aromatic carbocycles. The van der Waals surface area contributed by atoms with Gasteiger partial charge in [-0.2, -0.15) is 0 Å². The fraction of sp³-hybridized carbons (Fsp3) is 0.500. The number of nitrogens with one attached hydrogen (secondary N) is 1. The molecule has 2 aliphatic heterocycles. The molecule has 2 aromatic heterocycles. The van der Waals surface area contributed by atoms with E-state index in [4.69, 9.17) is 11.3 Å². The summed E-state index contributed by atoms with van der Waals surface area (Å²) in [6, 6.07) is 4.99. The number of hydrogen-bond acceptors (Lipinski definition) is 7. The Kier molecular flexibility index (Phi) is 7.43. The lowest BCUT2D eigenvalue weighted by Crippen LogP contribution is -2.42. The van der Waals surface area contributed by atoms with E-state index in [1.807, 2.05) is 13.0 Å². The van der Waals surface area contributed by atoms with Gasteiger partial charge in [0.05, 0.1) is 30.5 Å². The minimum absolute atomic E-state index is 0.0264. The second-order valence-electron chi connectivity index (χ2n) is 10.4. The van der Waals surface area contributed by atoms with Crippen molar-refractivity contribution in [3.05, 3.63) is 63.1 Å². The van der Waals surface area contributed by atoms with Crippen molar-refractivity contribution in [2.75, 3.05) is 25.1 Å². The van der Waals surface area contributed by atoms with Crippen LogP contribution in [-0.4, -0.2) is 62.6 Å². The Morgan fingerprint density at radius 1 is 1.34 bits per heavy atom. The lowest BCUT2D eigenvalue weighted by molar-refractivity contribution is -0.0136. The van der Waals surface area contributed by atoms with Gasteiger partial charge in [0.1, 0.15) is 5.69 Å². The standard InChI is InChI=1S/C28H33FN6O3/c1-16(2)35-22-12-18(26-20(29)13-31-28(33-26)32-21-9-11-38-15-24(21)36)7-8-19(22)27(37)17(3)23(35)14-34-10-5-6-25(34)30-4/h7-8,12-13,16,21,24-25,36H,5-6,9-11,14-15H2,1-3H3,(H,31,32,33)/t21-,24-,25?/m1/s1. The third-order valence-electron chi connectivity index (χ3n) is 7.57. The molecule has 3 aromatic rings. The zero-order valence-electron chi connectivity index (χ0n) is 21.9. The van der Waals surface area contributed by atoms with Gasteiger partial charge in [-0.05, 0) is 45.7 Å². The smallest absolute Gasteiger partial charge is 0.280 e. The van der Waals surface area contributed by atoms with Gasteiger partial charge in [0.25, 0.3) is 6.17 Å². The summed E-state index contributed by atoms with van der Waals surface area (Å²) in [6.07, 6.45) is 2.62. The van der Waals surface area contributed by atoms with Crippen LogP contribution in [0.4, 0.5) is 10.3 Å². The van der Waals surface area contributed by atoms with E-state index >= 15 is 4.39 Å². The van der Waals surface area contributed by atoms with E-state index < -0.39 is 11.9 Å². The molecule has 2 aliphatic rings. The summed E-state index contributed by atoms with van der Waals surface area (Å²) in [7, 11) is 0. The van der Waals surface area contributed by atoms with Gasteiger partial charge in [-0.25, -0.2) is 25.8 Å². The number of benzene rings is 1. The van der Waals surface area contributed by atoms with E-state index in [9.17, 15) is 9.90 Å². The Labute approximate surface area is 221 Å². The summed E-state index contributed by atoms with van der Waals surface area (Å²) in [4.78, 5) is 27.9. The lowest BCUT2D eigenvalue weighted by Gasteiger charge is -2.28. The number of anilines is 1. The van der Waals surface area contributed by atoms with Crippen molar-refractivity contribution >= 4 is 16.9 Å². The molecule has 2 saturated heterocycles. The van der Waals surface area contributed by atoms with Crippen LogP contribution in [0.15, 0.2) is 29.2 Å². The van der Waals surface area contributed by atoms with Gasteiger partial charge in [-0.1, -0.05) is 6.07 Å². The molecule has 2 fully saturated rings. The summed E-state index contributed by atoms with van der Waals surface area (Å²) < 4.78 is 22.4. The second kappa shape index (κ2) is 10.8. The van der Waals surface area contributed by atoms with Crippen molar-refractivity contribution in [1.82, 2.24) is 19.4 Å². The normalized spacial score (nSPS) is 22.2. The summed E-state index contributed by atoms with van der Waals surface area (Å²) in [5.41, 5.74) is 2.83. The molecule has 0 aliphatic carbocycles. The monoisotopic (exact) mass is 520 g/mol. The summed E-state index contributed by atoms with van der Waals surface area (Å²) in [5.74, 6) is -0.359. The molecule has 10 heteroatoms. The molecule has 2 N–H and O–H groups in total. The van der Waals surface area contributed by atoms with E-state index in [0.717, 1.165) is 31.3 Å². The number of halogens is 1. The Hall–Kier alpha value is -3.39. The number of aliphatic hydroxyl groups is 1. The lowest BCUT2D eigenvalue weighted by atomic mass is 10.0. The van der Waals surface area contributed by atoms with Crippen molar-refractivity contribution in [3.63, 3.8) is 0 Å². The third kappa shape index (κ3) is 4.89. The maximum absolute atomic E-state index is 15.0. The number of likely N-dealkylation sites (tertiary alicyclic amines) is 1. The van der Waals surface area contributed by atoms with Gasteiger partial charge in [-0.3, -0.25) is 9.64 Å². The number of rotatable bonds is 6. The Morgan fingerprint density at radius 2 is 2.16 bits per heavy atom. The van der Waals surface area contributed by atoms with Gasteiger partial charge in [0, 0.05) is 54.4 Å². The molecule has 1 unspecified atom stereocenters. The van der Waals surface area contributed by atoms with Crippen molar-refractivity contribution in [2.24, 2.45) is 0 Å². The molecule has 5 rings (SSSR count). The van der Waals surface area contributed by atoms with E-state index in [-0.39, 0.29) is 41.9 Å². The van der Waals surface area contributed by atoms with Crippen molar-refractivity contribution in [3.8, 4) is 11.3 Å². The van der Waals surface area contributed by atoms with Gasteiger partial charge in [-0.15, -0.1) is 0 Å². The van der Waals surface area contributed by atoms with Gasteiger partial charge < -0.3 is 19.7 Å². The maximum Gasteiger partial charge on any atom is 0.280 e. The molecular weight excluding hydrogens is 487 g/mol. The second-order valence-corrected chi connectivity index (χ2v) is 10.4. The molecule has 3 atom stereocenters. The Morgan fingerprint density at radius 3 is 2.89 bits per heavy atom. The maximum atomic E-state index is 15.0. The van der Waals surface area contributed by atoms with Crippen molar-refractivity contribution in [2.45, 2.75) is 70.9 Å². The van der Waals surface area contributed by atoms with Crippen LogP contribution in [0.3, 0.4) is 0 Å². The highest BCUT2D eigenvalue weighted by Crippen LogP contribution is 2.30. The first-order chi connectivity index (χ1) is 18.3. The van der Waals surface area contributed by atoms with E-state index in [0.29, 0.717) is 41.6 Å². The highest BCUT2D eigenvalue weighted by Gasteiger charge is 2.31. The topological polar surface area (TPSA) is 96.9 Å². The van der Waals surface area contributed by atoms with E-state index in [1.165, 1.54) is 0 Å². The first-order valence-corrected chi connectivity index (χ1v) is 13.1. The van der Waals surface area contributed by atoms with Crippen LogP contribution in [0.25, 0.3) is 27.0 Å². The zero-order valence-corrected chi connectivity index (χ0v) is 21.9. The average Bonchev–Trinajstić information content (AvgIpc) is 3.36. The third-order valence-corrected chi connectivity index (χ3v) is 7.57. The molecule has 0 saturated carbocycles. The number of ether oxygens (including phenoxy) is 1. The van der Waals surface area contributed by atoms with Crippen LogP contribution in [0.5, 0.6) is 0 Å². The highest BCUT2D eigenvalue weighted by atomic mass is 19.1.